The van der Waals surface area contributed by atoms with Crippen LogP contribution in [-0.4, -0.2) is 51.1 Å². The van der Waals surface area contributed by atoms with Gasteiger partial charge in [0.25, 0.3) is 0 Å². The van der Waals surface area contributed by atoms with Crippen LogP contribution in [0.4, 0.5) is 13.2 Å². The molecule has 108 valence electrons. The van der Waals surface area contributed by atoms with Gasteiger partial charge in [-0.25, -0.2) is 4.79 Å². The first kappa shape index (κ1) is 15.4. The molecule has 0 atom stereocenters. The van der Waals surface area contributed by atoms with Gasteiger partial charge in [-0.1, -0.05) is 0 Å². The SMILES string of the molecule is Cn1ccc(CN2CC(N)C2)n1.O=C(O)C(F)(F)F. The van der Waals surface area contributed by atoms with E-state index in [9.17, 15) is 13.2 Å². The first-order valence-electron chi connectivity index (χ1n) is 5.45. The van der Waals surface area contributed by atoms with E-state index in [1.807, 2.05) is 24.0 Å². The fourth-order valence-electron chi connectivity index (χ4n) is 1.52. The van der Waals surface area contributed by atoms with E-state index in [0.717, 1.165) is 25.3 Å². The molecule has 1 aliphatic heterocycles. The number of aryl methyl sites for hydroxylation is 1. The summed E-state index contributed by atoms with van der Waals surface area (Å²) >= 11 is 0. The molecule has 1 saturated heterocycles. The summed E-state index contributed by atoms with van der Waals surface area (Å²) in [4.78, 5) is 11.2. The van der Waals surface area contributed by atoms with Gasteiger partial charge in [-0.2, -0.15) is 18.3 Å². The number of halogens is 3. The molecular weight excluding hydrogens is 265 g/mol. The topological polar surface area (TPSA) is 84.4 Å². The van der Waals surface area contributed by atoms with Crippen molar-refractivity contribution in [1.82, 2.24) is 14.7 Å². The molecule has 0 saturated carbocycles. The Bertz CT molecular complexity index is 427. The standard InChI is InChI=1S/C8H14N4.C2HF3O2/c1-11-3-2-8(10-11)6-12-4-7(9)5-12;3-2(4,5)1(6)7/h2-3,7H,4-6,9H2,1H3;(H,6,7). The summed E-state index contributed by atoms with van der Waals surface area (Å²) in [6, 6.07) is 2.43. The normalized spacial score (nSPS) is 16.5. The van der Waals surface area contributed by atoms with Crippen LogP contribution >= 0.6 is 0 Å². The molecule has 1 aliphatic rings. The fraction of sp³-hybridized carbons (Fsp3) is 0.600. The highest BCUT2D eigenvalue weighted by Gasteiger charge is 2.38. The Labute approximate surface area is 107 Å². The van der Waals surface area contributed by atoms with Crippen molar-refractivity contribution in [2.45, 2.75) is 18.8 Å². The Hall–Kier alpha value is -1.61. The van der Waals surface area contributed by atoms with E-state index in [1.165, 1.54) is 0 Å². The zero-order chi connectivity index (χ0) is 14.6. The minimum atomic E-state index is -5.08. The molecular formula is C10H15F3N4O2. The van der Waals surface area contributed by atoms with Crippen molar-refractivity contribution < 1.29 is 23.1 Å². The number of nitrogens with zero attached hydrogens (tertiary/aromatic N) is 3. The van der Waals surface area contributed by atoms with E-state index in [-0.39, 0.29) is 0 Å². The molecule has 1 aromatic heterocycles. The first-order chi connectivity index (χ1) is 8.68. The molecule has 1 aromatic rings. The maximum atomic E-state index is 10.6. The molecule has 0 unspecified atom stereocenters. The van der Waals surface area contributed by atoms with Gasteiger partial charge >= 0.3 is 12.1 Å². The Balaban J connectivity index is 0.000000224. The number of likely N-dealkylation sites (tertiary alicyclic amines) is 1. The maximum absolute atomic E-state index is 10.6. The number of carboxylic acids is 1. The number of nitrogens with two attached hydrogens (primary N) is 1. The van der Waals surface area contributed by atoms with Crippen LogP contribution < -0.4 is 5.73 Å². The summed E-state index contributed by atoms with van der Waals surface area (Å²) in [5.74, 6) is -2.76. The lowest BCUT2D eigenvalue weighted by Gasteiger charge is -2.36. The average molecular weight is 280 g/mol. The zero-order valence-corrected chi connectivity index (χ0v) is 10.3. The van der Waals surface area contributed by atoms with E-state index in [4.69, 9.17) is 15.6 Å². The predicted octanol–water partition coefficient (Wildman–Crippen LogP) is 0.196. The molecule has 6 nitrogen and oxygen atoms in total. The highest BCUT2D eigenvalue weighted by molar-refractivity contribution is 5.73. The number of rotatable bonds is 2. The molecule has 1 fully saturated rings. The van der Waals surface area contributed by atoms with Crippen LogP contribution in [0.5, 0.6) is 0 Å². The maximum Gasteiger partial charge on any atom is 0.490 e. The summed E-state index contributed by atoms with van der Waals surface area (Å²) in [6.07, 6.45) is -3.12. The summed E-state index contributed by atoms with van der Waals surface area (Å²) in [6.45, 7) is 2.96. The van der Waals surface area contributed by atoms with Gasteiger partial charge in [0.05, 0.1) is 5.69 Å². The minimum absolute atomic E-state index is 0.383. The smallest absolute Gasteiger partial charge is 0.475 e. The van der Waals surface area contributed by atoms with Crippen LogP contribution in [0.1, 0.15) is 5.69 Å². The molecule has 9 heteroatoms. The Morgan fingerprint density at radius 3 is 2.42 bits per heavy atom. The average Bonchev–Trinajstić information content (AvgIpc) is 2.61. The fourth-order valence-corrected chi connectivity index (χ4v) is 1.52. The number of carboxylic acid groups (broad SMARTS) is 1. The molecule has 0 bridgehead atoms. The number of carbonyl (C=O) groups is 1. The Kier molecular flexibility index (Phi) is 4.90. The van der Waals surface area contributed by atoms with Crippen LogP contribution in [0.25, 0.3) is 0 Å². The second-order valence-corrected chi connectivity index (χ2v) is 4.24. The van der Waals surface area contributed by atoms with Crippen LogP contribution in [0.15, 0.2) is 12.3 Å². The molecule has 3 N–H and O–H groups in total. The quantitative estimate of drug-likeness (QED) is 0.808. The molecule has 0 aromatic carbocycles. The zero-order valence-electron chi connectivity index (χ0n) is 10.3. The van der Waals surface area contributed by atoms with Crippen molar-refractivity contribution in [3.8, 4) is 0 Å². The van der Waals surface area contributed by atoms with E-state index in [0.29, 0.717) is 6.04 Å². The lowest BCUT2D eigenvalue weighted by Crippen LogP contribution is -2.54. The molecule has 0 radical (unpaired) electrons. The van der Waals surface area contributed by atoms with Crippen molar-refractivity contribution >= 4 is 5.97 Å². The van der Waals surface area contributed by atoms with Gasteiger partial charge in [0.1, 0.15) is 0 Å². The molecule has 2 heterocycles. The van der Waals surface area contributed by atoms with Gasteiger partial charge in [-0.15, -0.1) is 0 Å². The summed E-state index contributed by atoms with van der Waals surface area (Å²) in [5, 5.41) is 11.4. The predicted molar refractivity (Wildman–Crippen MR) is 60.2 cm³/mol. The Morgan fingerprint density at radius 2 is 2.11 bits per heavy atom. The molecule has 0 aliphatic carbocycles. The summed E-state index contributed by atoms with van der Waals surface area (Å²) < 4.78 is 33.6. The number of aliphatic carboxylic acids is 1. The van der Waals surface area contributed by atoms with Gasteiger partial charge in [-0.05, 0) is 6.07 Å². The number of aromatic nitrogens is 2. The molecule has 0 amide bonds. The molecule has 0 spiro atoms. The molecule has 2 rings (SSSR count). The number of hydrogen-bond donors (Lipinski definition) is 2. The van der Waals surface area contributed by atoms with Crippen molar-refractivity contribution in [1.29, 1.82) is 0 Å². The third kappa shape index (κ3) is 5.26. The van der Waals surface area contributed by atoms with Gasteiger partial charge in [0, 0.05) is 38.9 Å². The van der Waals surface area contributed by atoms with Crippen LogP contribution in [0.3, 0.4) is 0 Å². The van der Waals surface area contributed by atoms with Gasteiger partial charge in [-0.3, -0.25) is 9.58 Å². The van der Waals surface area contributed by atoms with E-state index in [1.54, 1.807) is 0 Å². The molecule has 19 heavy (non-hydrogen) atoms. The van der Waals surface area contributed by atoms with E-state index < -0.39 is 12.1 Å². The van der Waals surface area contributed by atoms with Crippen LogP contribution in [-0.2, 0) is 18.4 Å². The van der Waals surface area contributed by atoms with Crippen molar-refractivity contribution in [3.63, 3.8) is 0 Å². The lowest BCUT2D eigenvalue weighted by atomic mass is 10.1. The third-order valence-corrected chi connectivity index (χ3v) is 2.38. The van der Waals surface area contributed by atoms with Gasteiger partial charge in [0.15, 0.2) is 0 Å². The second kappa shape index (κ2) is 6.02. The van der Waals surface area contributed by atoms with Crippen molar-refractivity contribution in [2.75, 3.05) is 13.1 Å². The lowest BCUT2D eigenvalue weighted by molar-refractivity contribution is -0.192. The largest absolute Gasteiger partial charge is 0.490 e. The highest BCUT2D eigenvalue weighted by Crippen LogP contribution is 2.13. The van der Waals surface area contributed by atoms with Gasteiger partial charge in [0.2, 0.25) is 0 Å². The number of alkyl halides is 3. The monoisotopic (exact) mass is 280 g/mol. The Morgan fingerprint density at radius 1 is 1.58 bits per heavy atom. The van der Waals surface area contributed by atoms with Gasteiger partial charge < -0.3 is 10.8 Å². The number of hydrogen-bond acceptors (Lipinski definition) is 4. The van der Waals surface area contributed by atoms with Crippen LogP contribution in [0, 0.1) is 0 Å². The second-order valence-electron chi connectivity index (χ2n) is 4.24. The van der Waals surface area contributed by atoms with E-state index in [2.05, 4.69) is 10.00 Å². The third-order valence-electron chi connectivity index (χ3n) is 2.38. The van der Waals surface area contributed by atoms with Crippen LogP contribution in [0.2, 0.25) is 0 Å². The van der Waals surface area contributed by atoms with Crippen molar-refractivity contribution in [3.05, 3.63) is 18.0 Å². The minimum Gasteiger partial charge on any atom is -0.475 e. The van der Waals surface area contributed by atoms with E-state index >= 15 is 0 Å². The first-order valence-corrected chi connectivity index (χ1v) is 5.45. The van der Waals surface area contributed by atoms with Crippen molar-refractivity contribution in [2.24, 2.45) is 12.8 Å². The summed E-state index contributed by atoms with van der Waals surface area (Å²) in [7, 11) is 1.94. The highest BCUT2D eigenvalue weighted by atomic mass is 19.4. The summed E-state index contributed by atoms with van der Waals surface area (Å²) in [5.41, 5.74) is 6.79.